The standard InChI is InChI=1S/C29H30O7/c1-20(30)36-26-24(31)27(33-17-21-11-5-2-6-12-21)29(35-19-23-15-9-4-10-16-23)28(25(26)32)34-18-22-13-7-3-8-14-22/h2-16,24,26-29,31H,17-19H2,1H3/t24-,26+,27+,28+,29-/m1/s1. The van der Waals surface area contributed by atoms with Crippen LogP contribution in [0.2, 0.25) is 0 Å². The van der Waals surface area contributed by atoms with Gasteiger partial charge in [-0.05, 0) is 16.7 Å². The van der Waals surface area contributed by atoms with Gasteiger partial charge in [-0.1, -0.05) is 91.0 Å². The second-order valence-electron chi connectivity index (χ2n) is 8.66. The van der Waals surface area contributed by atoms with E-state index in [0.29, 0.717) is 0 Å². The minimum atomic E-state index is -1.43. The summed E-state index contributed by atoms with van der Waals surface area (Å²) in [7, 11) is 0. The summed E-state index contributed by atoms with van der Waals surface area (Å²) in [5.41, 5.74) is 2.64. The van der Waals surface area contributed by atoms with Crippen molar-refractivity contribution in [2.24, 2.45) is 0 Å². The van der Waals surface area contributed by atoms with Gasteiger partial charge >= 0.3 is 5.97 Å². The normalized spacial score (nSPS) is 23.8. The van der Waals surface area contributed by atoms with E-state index in [1.807, 2.05) is 91.0 Å². The molecule has 0 spiro atoms. The molecular weight excluding hydrogens is 460 g/mol. The molecule has 7 heteroatoms. The van der Waals surface area contributed by atoms with Crippen LogP contribution in [0.15, 0.2) is 91.0 Å². The number of Topliss-reactive ketones (excluding diaryl/α,β-unsaturated/α-hetero) is 1. The van der Waals surface area contributed by atoms with Crippen LogP contribution in [0, 0.1) is 0 Å². The number of aliphatic hydroxyl groups is 1. The lowest BCUT2D eigenvalue weighted by molar-refractivity contribution is -0.225. The van der Waals surface area contributed by atoms with Crippen molar-refractivity contribution in [3.05, 3.63) is 108 Å². The highest BCUT2D eigenvalue weighted by Gasteiger charge is 2.53. The van der Waals surface area contributed by atoms with Gasteiger partial charge in [0.05, 0.1) is 19.8 Å². The lowest BCUT2D eigenvalue weighted by Gasteiger charge is -2.42. The van der Waals surface area contributed by atoms with Gasteiger partial charge < -0.3 is 24.1 Å². The fourth-order valence-electron chi connectivity index (χ4n) is 4.18. The quantitative estimate of drug-likeness (QED) is 0.434. The smallest absolute Gasteiger partial charge is 0.303 e. The van der Waals surface area contributed by atoms with Crippen LogP contribution >= 0.6 is 0 Å². The lowest BCUT2D eigenvalue weighted by atomic mass is 9.85. The number of carbonyl (C=O) groups is 2. The summed E-state index contributed by atoms with van der Waals surface area (Å²) in [4.78, 5) is 25.2. The van der Waals surface area contributed by atoms with Crippen LogP contribution < -0.4 is 0 Å². The van der Waals surface area contributed by atoms with Gasteiger partial charge in [-0.2, -0.15) is 0 Å². The number of rotatable bonds is 10. The van der Waals surface area contributed by atoms with Crippen molar-refractivity contribution >= 4 is 11.8 Å². The summed E-state index contributed by atoms with van der Waals surface area (Å²) in [6.45, 7) is 1.68. The van der Waals surface area contributed by atoms with Crippen molar-refractivity contribution in [1.82, 2.24) is 0 Å². The Morgan fingerprint density at radius 3 is 1.53 bits per heavy atom. The lowest BCUT2D eigenvalue weighted by Crippen LogP contribution is -2.64. The number of esters is 1. The van der Waals surface area contributed by atoms with Crippen molar-refractivity contribution in [2.45, 2.75) is 57.3 Å². The predicted octanol–water partition coefficient (Wildman–Crippen LogP) is 3.62. The molecule has 0 bridgehead atoms. The first-order valence-corrected chi connectivity index (χ1v) is 11.9. The first-order valence-electron chi connectivity index (χ1n) is 11.9. The van der Waals surface area contributed by atoms with Crippen LogP contribution in [0.3, 0.4) is 0 Å². The Morgan fingerprint density at radius 1 is 0.667 bits per heavy atom. The Bertz CT molecular complexity index is 1100. The molecule has 0 amide bonds. The maximum absolute atomic E-state index is 13.4. The van der Waals surface area contributed by atoms with E-state index in [2.05, 4.69) is 0 Å². The van der Waals surface area contributed by atoms with Gasteiger partial charge in [0.15, 0.2) is 6.10 Å². The molecule has 7 nitrogen and oxygen atoms in total. The Balaban J connectivity index is 1.61. The zero-order chi connectivity index (χ0) is 25.3. The minimum absolute atomic E-state index is 0.136. The van der Waals surface area contributed by atoms with Crippen LogP contribution in [-0.4, -0.2) is 47.4 Å². The predicted molar refractivity (Wildman–Crippen MR) is 132 cm³/mol. The highest BCUT2D eigenvalue weighted by atomic mass is 16.6. The average molecular weight is 491 g/mol. The molecule has 188 valence electrons. The van der Waals surface area contributed by atoms with E-state index in [-0.39, 0.29) is 19.8 Å². The fourth-order valence-corrected chi connectivity index (χ4v) is 4.18. The molecule has 3 aromatic carbocycles. The molecule has 1 saturated carbocycles. The first-order chi connectivity index (χ1) is 17.5. The summed E-state index contributed by atoms with van der Waals surface area (Å²) in [5.74, 6) is -1.24. The highest BCUT2D eigenvalue weighted by molar-refractivity contribution is 5.91. The van der Waals surface area contributed by atoms with Crippen LogP contribution in [0.5, 0.6) is 0 Å². The largest absolute Gasteiger partial charge is 0.452 e. The van der Waals surface area contributed by atoms with E-state index in [1.165, 1.54) is 6.92 Å². The maximum atomic E-state index is 13.4. The van der Waals surface area contributed by atoms with E-state index in [4.69, 9.17) is 18.9 Å². The fraction of sp³-hybridized carbons (Fsp3) is 0.310. The molecule has 1 aliphatic carbocycles. The van der Waals surface area contributed by atoms with Crippen LogP contribution in [0.4, 0.5) is 0 Å². The molecule has 1 N–H and O–H groups in total. The Labute approximate surface area is 210 Å². The second kappa shape index (κ2) is 12.6. The molecule has 1 aliphatic rings. The van der Waals surface area contributed by atoms with Gasteiger partial charge in [-0.15, -0.1) is 0 Å². The van der Waals surface area contributed by atoms with Crippen LogP contribution in [0.1, 0.15) is 23.6 Å². The Hall–Kier alpha value is -3.36. The molecule has 0 aromatic heterocycles. The number of hydrogen-bond donors (Lipinski definition) is 1. The van der Waals surface area contributed by atoms with E-state index in [0.717, 1.165) is 16.7 Å². The number of ketones is 1. The number of carbonyl (C=O) groups excluding carboxylic acids is 2. The molecule has 0 aliphatic heterocycles. The third kappa shape index (κ3) is 6.65. The minimum Gasteiger partial charge on any atom is -0.452 e. The molecule has 0 saturated heterocycles. The molecule has 0 unspecified atom stereocenters. The molecular formula is C29H30O7. The van der Waals surface area contributed by atoms with E-state index in [1.54, 1.807) is 0 Å². The van der Waals surface area contributed by atoms with Gasteiger partial charge in [0.1, 0.15) is 24.4 Å². The van der Waals surface area contributed by atoms with Crippen molar-refractivity contribution in [1.29, 1.82) is 0 Å². The molecule has 0 heterocycles. The van der Waals surface area contributed by atoms with Gasteiger partial charge in [0, 0.05) is 6.92 Å². The van der Waals surface area contributed by atoms with Crippen molar-refractivity contribution in [2.75, 3.05) is 0 Å². The van der Waals surface area contributed by atoms with E-state index >= 15 is 0 Å². The summed E-state index contributed by atoms with van der Waals surface area (Å²) < 4.78 is 23.6. The van der Waals surface area contributed by atoms with Crippen molar-refractivity contribution < 1.29 is 33.6 Å². The number of aliphatic hydroxyl groups excluding tert-OH is 1. The third-order valence-electron chi connectivity index (χ3n) is 5.97. The van der Waals surface area contributed by atoms with Crippen molar-refractivity contribution in [3.8, 4) is 0 Å². The maximum Gasteiger partial charge on any atom is 0.303 e. The SMILES string of the molecule is CC(=O)O[C@@H]1C(=O)[C@H](OCc2ccccc2)[C@H](OCc2ccccc2)[C@@H](OCc2ccccc2)[C@@H]1O. The monoisotopic (exact) mass is 490 g/mol. The number of ether oxygens (including phenoxy) is 4. The molecule has 3 aromatic rings. The number of hydrogen-bond acceptors (Lipinski definition) is 7. The summed E-state index contributed by atoms with van der Waals surface area (Å²) in [6.07, 6.45) is -5.91. The van der Waals surface area contributed by atoms with Crippen LogP contribution in [-0.2, 0) is 48.4 Å². The molecule has 5 atom stereocenters. The van der Waals surface area contributed by atoms with E-state index in [9.17, 15) is 14.7 Å². The van der Waals surface area contributed by atoms with Crippen LogP contribution in [0.25, 0.3) is 0 Å². The highest BCUT2D eigenvalue weighted by Crippen LogP contribution is 2.30. The van der Waals surface area contributed by atoms with Gasteiger partial charge in [0.25, 0.3) is 0 Å². The third-order valence-corrected chi connectivity index (χ3v) is 5.97. The Kier molecular flexibility index (Phi) is 8.97. The number of benzene rings is 3. The molecule has 0 radical (unpaired) electrons. The summed E-state index contributed by atoms with van der Waals surface area (Å²) >= 11 is 0. The Morgan fingerprint density at radius 2 is 1.08 bits per heavy atom. The summed E-state index contributed by atoms with van der Waals surface area (Å²) in [6, 6.07) is 28.4. The topological polar surface area (TPSA) is 91.3 Å². The average Bonchev–Trinajstić information content (AvgIpc) is 2.90. The van der Waals surface area contributed by atoms with Gasteiger partial charge in [-0.25, -0.2) is 0 Å². The van der Waals surface area contributed by atoms with Gasteiger partial charge in [0.2, 0.25) is 5.78 Å². The summed E-state index contributed by atoms with van der Waals surface area (Å²) in [5, 5.41) is 11.1. The first kappa shape index (κ1) is 25.7. The second-order valence-corrected chi connectivity index (χ2v) is 8.66. The molecule has 36 heavy (non-hydrogen) atoms. The zero-order valence-electron chi connectivity index (χ0n) is 20.1. The van der Waals surface area contributed by atoms with Crippen molar-refractivity contribution in [3.63, 3.8) is 0 Å². The van der Waals surface area contributed by atoms with Gasteiger partial charge in [-0.3, -0.25) is 9.59 Å². The molecule has 1 fully saturated rings. The molecule has 4 rings (SSSR count). The zero-order valence-corrected chi connectivity index (χ0v) is 20.1. The van der Waals surface area contributed by atoms with E-state index < -0.39 is 42.3 Å².